The summed E-state index contributed by atoms with van der Waals surface area (Å²) in [6.07, 6.45) is 3.50. The molecule has 0 saturated carbocycles. The topological polar surface area (TPSA) is 51.8 Å². The molecule has 0 fully saturated rings. The van der Waals surface area contributed by atoms with Crippen molar-refractivity contribution in [3.8, 4) is 11.3 Å². The zero-order valence-corrected chi connectivity index (χ0v) is 14.2. The third-order valence-electron chi connectivity index (χ3n) is 3.29. The Morgan fingerprint density at radius 2 is 2.00 bits per heavy atom. The van der Waals surface area contributed by atoms with E-state index in [1.165, 1.54) is 0 Å². The highest BCUT2D eigenvalue weighted by molar-refractivity contribution is 7.07. The number of hydrogen-bond donors (Lipinski definition) is 0. The quantitative estimate of drug-likeness (QED) is 0.512. The van der Waals surface area contributed by atoms with Crippen LogP contribution in [0.25, 0.3) is 11.3 Å². The number of ether oxygens (including phenoxy) is 1. The molecule has 3 aromatic rings. The molecule has 24 heavy (non-hydrogen) atoms. The van der Waals surface area contributed by atoms with Crippen LogP contribution in [0.15, 0.2) is 70.2 Å². The van der Waals surface area contributed by atoms with Crippen molar-refractivity contribution in [3.05, 3.63) is 70.6 Å². The smallest absolute Gasteiger partial charge is 0.206 e. The lowest BCUT2D eigenvalue weighted by Gasteiger charge is -2.03. The molecule has 0 radical (unpaired) electrons. The molecule has 2 aromatic heterocycles. The van der Waals surface area contributed by atoms with Gasteiger partial charge in [-0.2, -0.15) is 5.10 Å². The molecule has 6 heteroatoms. The van der Waals surface area contributed by atoms with E-state index in [1.807, 2.05) is 41.1 Å². The molecule has 0 spiro atoms. The molecule has 0 bridgehead atoms. The summed E-state index contributed by atoms with van der Waals surface area (Å²) in [7, 11) is 1.67. The largest absolute Gasteiger partial charge is 0.383 e. The fraction of sp³-hybridized carbons (Fsp3) is 0.167. The molecule has 0 amide bonds. The molecule has 0 unspecified atom stereocenters. The predicted molar refractivity (Wildman–Crippen MR) is 97.3 cm³/mol. The predicted octanol–water partition coefficient (Wildman–Crippen LogP) is 3.04. The molecule has 0 N–H and O–H groups in total. The average molecular weight is 338 g/mol. The Balaban J connectivity index is 2.01. The molecular weight excluding hydrogens is 320 g/mol. The standard InChI is InChI=1S/C18H18N4OS/c1-23-12-11-20-18-22(21-13-16-9-5-6-10-19-16)17(14-24-18)15-7-3-2-4-8-15/h2-10,13-14H,11-12H2,1H3/b20-18?,21-13-. The Morgan fingerprint density at radius 1 is 1.17 bits per heavy atom. The summed E-state index contributed by atoms with van der Waals surface area (Å²) >= 11 is 1.56. The second kappa shape index (κ2) is 8.33. The van der Waals surface area contributed by atoms with Crippen molar-refractivity contribution in [3.63, 3.8) is 0 Å². The minimum atomic E-state index is 0.586. The first-order chi connectivity index (χ1) is 11.9. The monoisotopic (exact) mass is 338 g/mol. The van der Waals surface area contributed by atoms with Crippen molar-refractivity contribution >= 4 is 17.6 Å². The normalized spacial score (nSPS) is 12.1. The maximum atomic E-state index is 5.08. The van der Waals surface area contributed by atoms with E-state index in [1.54, 1.807) is 30.9 Å². The van der Waals surface area contributed by atoms with Crippen LogP contribution in [0.3, 0.4) is 0 Å². The van der Waals surface area contributed by atoms with Gasteiger partial charge in [-0.25, -0.2) is 4.68 Å². The Bertz CT molecular complexity index is 853. The lowest BCUT2D eigenvalue weighted by molar-refractivity contribution is 0.207. The summed E-state index contributed by atoms with van der Waals surface area (Å²) in [4.78, 5) is 9.68. The zero-order valence-electron chi connectivity index (χ0n) is 13.4. The van der Waals surface area contributed by atoms with E-state index < -0.39 is 0 Å². The number of pyridine rings is 1. The van der Waals surface area contributed by atoms with Gasteiger partial charge in [0.25, 0.3) is 0 Å². The Hall–Kier alpha value is -2.57. The fourth-order valence-electron chi connectivity index (χ4n) is 2.13. The summed E-state index contributed by atoms with van der Waals surface area (Å²) < 4.78 is 6.93. The van der Waals surface area contributed by atoms with Gasteiger partial charge in [-0.1, -0.05) is 36.4 Å². The number of nitrogens with zero attached hydrogens (tertiary/aromatic N) is 4. The van der Waals surface area contributed by atoms with Crippen LogP contribution in [0.5, 0.6) is 0 Å². The molecule has 0 aliphatic carbocycles. The molecule has 122 valence electrons. The van der Waals surface area contributed by atoms with Gasteiger partial charge in [-0.3, -0.25) is 9.98 Å². The van der Waals surface area contributed by atoms with Gasteiger partial charge >= 0.3 is 0 Å². The van der Waals surface area contributed by atoms with Crippen molar-refractivity contribution in [2.75, 3.05) is 20.3 Å². The summed E-state index contributed by atoms with van der Waals surface area (Å²) in [5, 5.41) is 6.66. The van der Waals surface area contributed by atoms with Gasteiger partial charge in [0.05, 0.1) is 30.8 Å². The summed E-state index contributed by atoms with van der Waals surface area (Å²) in [6, 6.07) is 15.9. The van der Waals surface area contributed by atoms with E-state index in [-0.39, 0.29) is 0 Å². The van der Waals surface area contributed by atoms with Gasteiger partial charge in [0.1, 0.15) is 0 Å². The van der Waals surface area contributed by atoms with Crippen LogP contribution in [-0.2, 0) is 4.74 Å². The van der Waals surface area contributed by atoms with Crippen LogP contribution in [0.1, 0.15) is 5.69 Å². The van der Waals surface area contributed by atoms with Crippen LogP contribution < -0.4 is 4.80 Å². The minimum Gasteiger partial charge on any atom is -0.383 e. The van der Waals surface area contributed by atoms with E-state index in [0.29, 0.717) is 13.2 Å². The summed E-state index contributed by atoms with van der Waals surface area (Å²) in [5.41, 5.74) is 2.90. The fourth-order valence-corrected chi connectivity index (χ4v) is 2.99. The van der Waals surface area contributed by atoms with E-state index >= 15 is 0 Å². The highest BCUT2D eigenvalue weighted by Gasteiger charge is 2.06. The van der Waals surface area contributed by atoms with E-state index in [2.05, 4.69) is 32.6 Å². The summed E-state index contributed by atoms with van der Waals surface area (Å²) in [5.74, 6) is 0. The van der Waals surface area contributed by atoms with Crippen molar-refractivity contribution in [2.24, 2.45) is 10.1 Å². The second-order valence-corrected chi connectivity index (χ2v) is 5.79. The molecule has 3 rings (SSSR count). The van der Waals surface area contributed by atoms with Crippen LogP contribution in [0, 0.1) is 0 Å². The van der Waals surface area contributed by atoms with Gasteiger partial charge in [-0.05, 0) is 12.1 Å². The molecular formula is C18H18N4OS. The number of thiazole rings is 1. The third kappa shape index (κ3) is 4.04. The number of rotatable bonds is 6. The Morgan fingerprint density at radius 3 is 2.75 bits per heavy atom. The third-order valence-corrected chi connectivity index (χ3v) is 4.14. The number of methoxy groups -OCH3 is 1. The van der Waals surface area contributed by atoms with Crippen LogP contribution in [0.2, 0.25) is 0 Å². The molecule has 1 aromatic carbocycles. The van der Waals surface area contributed by atoms with Crippen molar-refractivity contribution in [1.82, 2.24) is 9.66 Å². The van der Waals surface area contributed by atoms with Gasteiger partial charge in [0, 0.05) is 24.3 Å². The maximum Gasteiger partial charge on any atom is 0.206 e. The lowest BCUT2D eigenvalue weighted by atomic mass is 10.2. The van der Waals surface area contributed by atoms with Crippen molar-refractivity contribution < 1.29 is 4.74 Å². The highest BCUT2D eigenvalue weighted by atomic mass is 32.1. The second-order valence-electron chi connectivity index (χ2n) is 4.96. The van der Waals surface area contributed by atoms with E-state index in [9.17, 15) is 0 Å². The van der Waals surface area contributed by atoms with Crippen LogP contribution in [0.4, 0.5) is 0 Å². The molecule has 0 aliphatic rings. The van der Waals surface area contributed by atoms with Crippen LogP contribution >= 0.6 is 11.3 Å². The van der Waals surface area contributed by atoms with Gasteiger partial charge < -0.3 is 4.74 Å². The van der Waals surface area contributed by atoms with E-state index in [0.717, 1.165) is 21.8 Å². The Labute approximate surface area is 144 Å². The molecule has 0 saturated heterocycles. The molecule has 5 nitrogen and oxygen atoms in total. The van der Waals surface area contributed by atoms with Gasteiger partial charge in [0.15, 0.2) is 0 Å². The molecule has 0 atom stereocenters. The number of hydrogen-bond acceptors (Lipinski definition) is 5. The average Bonchev–Trinajstić information content (AvgIpc) is 3.05. The Kier molecular flexibility index (Phi) is 5.65. The first-order valence-electron chi connectivity index (χ1n) is 7.59. The molecule has 0 aliphatic heterocycles. The summed E-state index contributed by atoms with van der Waals surface area (Å²) in [6.45, 7) is 1.19. The van der Waals surface area contributed by atoms with E-state index in [4.69, 9.17) is 4.74 Å². The number of aromatic nitrogens is 2. The maximum absolute atomic E-state index is 5.08. The minimum absolute atomic E-state index is 0.586. The van der Waals surface area contributed by atoms with Crippen molar-refractivity contribution in [2.45, 2.75) is 0 Å². The van der Waals surface area contributed by atoms with Crippen LogP contribution in [-0.4, -0.2) is 36.1 Å². The first-order valence-corrected chi connectivity index (χ1v) is 8.47. The number of benzene rings is 1. The highest BCUT2D eigenvalue weighted by Crippen LogP contribution is 2.19. The van der Waals surface area contributed by atoms with Crippen molar-refractivity contribution in [1.29, 1.82) is 0 Å². The van der Waals surface area contributed by atoms with Gasteiger partial charge in [0.2, 0.25) is 4.80 Å². The van der Waals surface area contributed by atoms with Gasteiger partial charge in [-0.15, -0.1) is 11.3 Å². The first kappa shape index (κ1) is 16.3. The molecule has 2 heterocycles. The lowest BCUT2D eigenvalue weighted by Crippen LogP contribution is -2.13. The SMILES string of the molecule is COCCN=c1scc(-c2ccccc2)n1/N=C\c1ccccn1. The zero-order chi connectivity index (χ0) is 16.6.